The Bertz CT molecular complexity index is 481. The van der Waals surface area contributed by atoms with Crippen LogP contribution in [0, 0.1) is 10.8 Å². The minimum Gasteiger partial charge on any atom is -0.360 e. The number of likely N-dealkylation sites (tertiary alicyclic amines) is 1. The zero-order valence-electron chi connectivity index (χ0n) is 13.1. The number of hydrogen-bond donors (Lipinski definition) is 0. The van der Waals surface area contributed by atoms with Crippen LogP contribution in [0.3, 0.4) is 0 Å². The predicted octanol–water partition coefficient (Wildman–Crippen LogP) is 2.92. The molecule has 0 N–H and O–H groups in total. The van der Waals surface area contributed by atoms with E-state index in [0.29, 0.717) is 0 Å². The second-order valence-electron chi connectivity index (χ2n) is 6.47. The summed E-state index contributed by atoms with van der Waals surface area (Å²) in [4.78, 5) is 24.4. The molecule has 10 heteroatoms. The number of rotatable bonds is 3. The highest BCUT2D eigenvalue weighted by molar-refractivity contribution is 6.09. The van der Waals surface area contributed by atoms with Gasteiger partial charge in [0.1, 0.15) is 0 Å². The summed E-state index contributed by atoms with van der Waals surface area (Å²) in [7, 11) is 0.238. The zero-order chi connectivity index (χ0) is 18.6. The molecule has 1 aliphatic heterocycles. The number of carbonyl (C=O) groups excluding carboxylic acids is 2. The maximum atomic E-state index is 13.1. The van der Waals surface area contributed by atoms with E-state index in [1.807, 2.05) is 0 Å². The molecule has 0 bridgehead atoms. The molecule has 0 atom stereocenters. The minimum absolute atomic E-state index is 0.00944. The highest BCUT2D eigenvalue weighted by atomic mass is 19.4. The first kappa shape index (κ1) is 19.7. The topological polar surface area (TPSA) is 46.6 Å². The van der Waals surface area contributed by atoms with Crippen LogP contribution >= 0.6 is 0 Å². The Morgan fingerprint density at radius 3 is 1.39 bits per heavy atom. The van der Waals surface area contributed by atoms with E-state index in [4.69, 9.17) is 0 Å². The Labute approximate surface area is 128 Å². The van der Waals surface area contributed by atoms with E-state index in [-0.39, 0.29) is 12.0 Å². The molecule has 2 amide bonds. The van der Waals surface area contributed by atoms with E-state index < -0.39 is 47.1 Å². The first-order valence-electron chi connectivity index (χ1n) is 6.52. The molecule has 4 nitrogen and oxygen atoms in total. The molecule has 0 radical (unpaired) electrons. The van der Waals surface area contributed by atoms with Crippen molar-refractivity contribution in [2.24, 2.45) is 10.8 Å². The summed E-state index contributed by atoms with van der Waals surface area (Å²) in [6.45, 7) is 3.21. The van der Waals surface area contributed by atoms with Gasteiger partial charge in [-0.05, 0) is 27.7 Å². The van der Waals surface area contributed by atoms with Crippen LogP contribution in [0.15, 0.2) is 0 Å². The summed E-state index contributed by atoms with van der Waals surface area (Å²) in [5.74, 6) is -2.22. The second kappa shape index (κ2) is 5.09. The number of ether oxygens (including phenoxy) is 1. The van der Waals surface area contributed by atoms with Crippen molar-refractivity contribution >= 4 is 11.8 Å². The highest BCUT2D eigenvalue weighted by Gasteiger charge is 2.74. The first-order valence-corrected chi connectivity index (χ1v) is 6.52. The number of carbonyl (C=O) groups is 2. The van der Waals surface area contributed by atoms with Gasteiger partial charge in [0.25, 0.3) is 5.60 Å². The van der Waals surface area contributed by atoms with Crippen LogP contribution in [0.2, 0.25) is 0 Å². The average molecular weight is 349 g/mol. The van der Waals surface area contributed by atoms with E-state index in [2.05, 4.69) is 4.74 Å². The predicted molar refractivity (Wildman–Crippen MR) is 66.1 cm³/mol. The third-order valence-electron chi connectivity index (χ3n) is 4.77. The van der Waals surface area contributed by atoms with Crippen LogP contribution < -0.4 is 0 Å². The van der Waals surface area contributed by atoms with Gasteiger partial charge in [-0.25, -0.2) is 0 Å². The van der Waals surface area contributed by atoms with Gasteiger partial charge in [-0.3, -0.25) is 14.5 Å². The maximum Gasteiger partial charge on any atom is 0.428 e. The van der Waals surface area contributed by atoms with Gasteiger partial charge < -0.3 is 4.74 Å². The lowest BCUT2D eigenvalue weighted by Crippen LogP contribution is -2.64. The minimum atomic E-state index is -5.86. The van der Waals surface area contributed by atoms with E-state index in [0.717, 1.165) is 0 Å². The Morgan fingerprint density at radius 1 is 0.870 bits per heavy atom. The molecule has 0 unspecified atom stereocenters. The van der Waals surface area contributed by atoms with Crippen LogP contribution in [0.1, 0.15) is 27.7 Å². The van der Waals surface area contributed by atoms with Gasteiger partial charge in [0.05, 0.1) is 17.4 Å². The monoisotopic (exact) mass is 349 g/mol. The normalized spacial score (nSPS) is 22.0. The van der Waals surface area contributed by atoms with Crippen molar-refractivity contribution in [3.8, 4) is 0 Å². The lowest BCUT2D eigenvalue weighted by Gasteiger charge is -2.38. The Kier molecular flexibility index (Phi) is 4.36. The lowest BCUT2D eigenvalue weighted by molar-refractivity contribution is -0.375. The van der Waals surface area contributed by atoms with Crippen molar-refractivity contribution < 1.29 is 40.7 Å². The Morgan fingerprint density at radius 2 is 1.17 bits per heavy atom. The van der Waals surface area contributed by atoms with Gasteiger partial charge in [-0.2, -0.15) is 26.3 Å². The number of alkyl halides is 6. The molecule has 0 aromatic heterocycles. The number of halogens is 6. The van der Waals surface area contributed by atoms with Gasteiger partial charge >= 0.3 is 12.4 Å². The molecule has 0 spiro atoms. The quantitative estimate of drug-likeness (QED) is 0.581. The molecule has 0 aliphatic carbocycles. The molecule has 1 rings (SSSR count). The molecular weight excluding hydrogens is 332 g/mol. The molecule has 0 aromatic carbocycles. The molecular formula is C13H17F6NO3. The molecule has 1 saturated heterocycles. The number of methoxy groups -OCH3 is 1. The van der Waals surface area contributed by atoms with Gasteiger partial charge in [-0.1, -0.05) is 0 Å². The standard InChI is InChI=1S/C13H17F6NO3/c1-9(2)7(21)20(8(22)10(9,3)4)6-11(23-5,12(14,15)16)13(17,18)19/h6H2,1-5H3. The van der Waals surface area contributed by atoms with E-state index in [1.54, 1.807) is 0 Å². The fourth-order valence-electron chi connectivity index (χ4n) is 2.30. The number of nitrogens with zero attached hydrogens (tertiary/aromatic N) is 1. The van der Waals surface area contributed by atoms with E-state index in [9.17, 15) is 35.9 Å². The molecule has 0 aromatic rings. The van der Waals surface area contributed by atoms with Crippen molar-refractivity contribution in [1.82, 2.24) is 4.90 Å². The van der Waals surface area contributed by atoms with Gasteiger partial charge in [-0.15, -0.1) is 0 Å². The van der Waals surface area contributed by atoms with Gasteiger partial charge in [0.15, 0.2) is 0 Å². The largest absolute Gasteiger partial charge is 0.428 e. The molecule has 134 valence electrons. The van der Waals surface area contributed by atoms with E-state index in [1.165, 1.54) is 27.7 Å². The zero-order valence-corrected chi connectivity index (χ0v) is 13.1. The Hall–Kier alpha value is -1.32. The second-order valence-corrected chi connectivity index (χ2v) is 6.47. The number of hydrogen-bond acceptors (Lipinski definition) is 3. The average Bonchev–Trinajstić information content (AvgIpc) is 2.44. The third kappa shape index (κ3) is 2.50. The summed E-state index contributed by atoms with van der Waals surface area (Å²) in [6, 6.07) is 0. The van der Waals surface area contributed by atoms with Crippen LogP contribution in [0.4, 0.5) is 26.3 Å². The van der Waals surface area contributed by atoms with Gasteiger partial charge in [0, 0.05) is 7.11 Å². The van der Waals surface area contributed by atoms with Crippen molar-refractivity contribution in [3.63, 3.8) is 0 Å². The SMILES string of the molecule is COC(CN1C(=O)C(C)(C)C(C)(C)C1=O)(C(F)(F)F)C(F)(F)F. The molecule has 1 fully saturated rings. The van der Waals surface area contributed by atoms with Crippen LogP contribution in [-0.4, -0.2) is 48.3 Å². The third-order valence-corrected chi connectivity index (χ3v) is 4.77. The van der Waals surface area contributed by atoms with Crippen molar-refractivity contribution in [3.05, 3.63) is 0 Å². The summed E-state index contributed by atoms with van der Waals surface area (Å²) in [6.07, 6.45) is -11.7. The molecule has 23 heavy (non-hydrogen) atoms. The fraction of sp³-hybridized carbons (Fsp3) is 0.846. The molecule has 1 heterocycles. The summed E-state index contributed by atoms with van der Waals surface area (Å²) in [5.41, 5.74) is -7.52. The van der Waals surface area contributed by atoms with Crippen LogP contribution in [0.5, 0.6) is 0 Å². The van der Waals surface area contributed by atoms with Crippen LogP contribution in [0.25, 0.3) is 0 Å². The van der Waals surface area contributed by atoms with Crippen LogP contribution in [-0.2, 0) is 14.3 Å². The first-order chi connectivity index (χ1) is 9.97. The molecule has 1 aliphatic rings. The van der Waals surface area contributed by atoms with Crippen molar-refractivity contribution in [2.75, 3.05) is 13.7 Å². The van der Waals surface area contributed by atoms with E-state index >= 15 is 0 Å². The van der Waals surface area contributed by atoms with Crippen molar-refractivity contribution in [1.29, 1.82) is 0 Å². The fourth-order valence-corrected chi connectivity index (χ4v) is 2.30. The number of imide groups is 1. The maximum absolute atomic E-state index is 13.1. The molecule has 0 saturated carbocycles. The highest BCUT2D eigenvalue weighted by Crippen LogP contribution is 2.51. The smallest absolute Gasteiger partial charge is 0.360 e. The summed E-state index contributed by atoms with van der Waals surface area (Å²) < 4.78 is 82.2. The lowest BCUT2D eigenvalue weighted by atomic mass is 9.70. The van der Waals surface area contributed by atoms with Crippen molar-refractivity contribution in [2.45, 2.75) is 45.6 Å². The number of amides is 2. The summed E-state index contributed by atoms with van der Waals surface area (Å²) >= 11 is 0. The van der Waals surface area contributed by atoms with Gasteiger partial charge in [0.2, 0.25) is 11.8 Å². The summed E-state index contributed by atoms with van der Waals surface area (Å²) in [5, 5.41) is 0. The Balaban J connectivity index is 3.43.